The quantitative estimate of drug-likeness (QED) is 0.225. The van der Waals surface area contributed by atoms with Gasteiger partial charge in [0.25, 0.3) is 0 Å². The molecule has 0 saturated carbocycles. The van der Waals surface area contributed by atoms with Crippen LogP contribution in [0.25, 0.3) is 61.4 Å². The molecule has 0 spiro atoms. The van der Waals surface area contributed by atoms with Gasteiger partial charge in [0.2, 0.25) is 0 Å². The Hall–Kier alpha value is -5.54. The lowest BCUT2D eigenvalue weighted by Gasteiger charge is -2.24. The van der Waals surface area contributed by atoms with E-state index in [1.54, 1.807) is 0 Å². The summed E-state index contributed by atoms with van der Waals surface area (Å²) >= 11 is 0. The molecule has 44 heavy (non-hydrogen) atoms. The molecule has 7 aromatic rings. The molecule has 5 aromatic carbocycles. The highest BCUT2D eigenvalue weighted by molar-refractivity contribution is 6.11. The van der Waals surface area contributed by atoms with Crippen LogP contribution in [0.5, 0.6) is 0 Å². The lowest BCUT2D eigenvalue weighted by atomic mass is 9.98. The van der Waals surface area contributed by atoms with Crippen molar-refractivity contribution in [3.05, 3.63) is 162 Å². The lowest BCUT2D eigenvalue weighted by Crippen LogP contribution is -2.23. The second kappa shape index (κ2) is 10.0. The highest BCUT2D eigenvalue weighted by Gasteiger charge is 2.21. The van der Waals surface area contributed by atoms with Crippen LogP contribution in [0.2, 0.25) is 0 Å². The second-order valence-corrected chi connectivity index (χ2v) is 11.8. The fourth-order valence-electron chi connectivity index (χ4n) is 7.19. The summed E-state index contributed by atoms with van der Waals surface area (Å²) in [6, 6.07) is 44.2. The summed E-state index contributed by atoms with van der Waals surface area (Å²) in [6.45, 7) is 0. The van der Waals surface area contributed by atoms with E-state index in [1.165, 1.54) is 66.3 Å². The highest BCUT2D eigenvalue weighted by atomic mass is 15.2. The van der Waals surface area contributed by atoms with Gasteiger partial charge in [-0.25, -0.2) is 0 Å². The molecule has 3 heterocycles. The number of nitrogens with zero attached hydrogens (tertiary/aromatic N) is 2. The van der Waals surface area contributed by atoms with E-state index in [0.29, 0.717) is 0 Å². The summed E-state index contributed by atoms with van der Waals surface area (Å²) < 4.78 is 4.83. The molecule has 1 aliphatic heterocycles. The molecule has 0 radical (unpaired) electrons. The van der Waals surface area contributed by atoms with E-state index in [9.17, 15) is 0 Å². The number of benzene rings is 5. The zero-order valence-corrected chi connectivity index (χ0v) is 24.3. The number of para-hydroxylation sites is 2. The first-order chi connectivity index (χ1) is 21.8. The number of dihydropyridines is 1. The summed E-state index contributed by atoms with van der Waals surface area (Å²) in [5.41, 5.74) is 11.4. The zero-order chi connectivity index (χ0) is 29.0. The molecule has 0 amide bonds. The summed E-state index contributed by atoms with van der Waals surface area (Å²) in [7, 11) is 0. The zero-order valence-electron chi connectivity index (χ0n) is 24.3. The highest BCUT2D eigenvalue weighted by Crippen LogP contribution is 2.39. The van der Waals surface area contributed by atoms with E-state index in [4.69, 9.17) is 0 Å². The third-order valence-corrected chi connectivity index (χ3v) is 9.22. The van der Waals surface area contributed by atoms with Crippen LogP contribution in [0.4, 0.5) is 0 Å². The molecule has 2 aromatic heterocycles. The average molecular weight is 566 g/mol. The fraction of sp³-hybridized carbons (Fsp3) is 0.0732. The maximum absolute atomic E-state index is 3.80. The van der Waals surface area contributed by atoms with Crippen LogP contribution in [0.15, 0.2) is 146 Å². The Morgan fingerprint density at radius 2 is 1.30 bits per heavy atom. The summed E-state index contributed by atoms with van der Waals surface area (Å²) in [5, 5.41) is 7.63. The van der Waals surface area contributed by atoms with Gasteiger partial charge in [-0.05, 0) is 78.1 Å². The number of allylic oxidation sites excluding steroid dienone is 3. The van der Waals surface area contributed by atoms with Crippen LogP contribution < -0.4 is 5.32 Å². The van der Waals surface area contributed by atoms with Crippen molar-refractivity contribution in [3.63, 3.8) is 0 Å². The monoisotopic (exact) mass is 565 g/mol. The first kappa shape index (κ1) is 25.0. The molecular weight excluding hydrogens is 534 g/mol. The van der Waals surface area contributed by atoms with Gasteiger partial charge in [0.05, 0.1) is 22.6 Å². The number of aromatic nitrogens is 2. The van der Waals surface area contributed by atoms with Crippen molar-refractivity contribution in [1.29, 1.82) is 0 Å². The van der Waals surface area contributed by atoms with Gasteiger partial charge in [0.1, 0.15) is 5.82 Å². The normalized spacial score (nSPS) is 15.9. The van der Waals surface area contributed by atoms with Gasteiger partial charge in [-0.1, -0.05) is 103 Å². The molecule has 1 aliphatic carbocycles. The number of hydrogen-bond acceptors (Lipinski definition) is 1. The van der Waals surface area contributed by atoms with E-state index < -0.39 is 0 Å². The van der Waals surface area contributed by atoms with Gasteiger partial charge in [0.15, 0.2) is 0 Å². The Morgan fingerprint density at radius 1 is 0.614 bits per heavy atom. The van der Waals surface area contributed by atoms with E-state index >= 15 is 0 Å². The van der Waals surface area contributed by atoms with Crippen LogP contribution in [-0.2, 0) is 6.42 Å². The van der Waals surface area contributed by atoms with Crippen molar-refractivity contribution in [2.45, 2.75) is 18.9 Å². The molecule has 3 heteroatoms. The molecule has 3 nitrogen and oxygen atoms in total. The van der Waals surface area contributed by atoms with E-state index in [-0.39, 0.29) is 6.04 Å². The topological polar surface area (TPSA) is 21.9 Å². The number of hydrogen-bond donors (Lipinski definition) is 1. The van der Waals surface area contributed by atoms with Crippen LogP contribution in [-0.4, -0.2) is 9.13 Å². The maximum atomic E-state index is 3.80. The van der Waals surface area contributed by atoms with Gasteiger partial charge < -0.3 is 9.88 Å². The Morgan fingerprint density at radius 3 is 2.11 bits per heavy atom. The molecule has 2 aliphatic rings. The Bertz CT molecular complexity index is 2300. The predicted molar refractivity (Wildman–Crippen MR) is 185 cm³/mol. The van der Waals surface area contributed by atoms with Crippen LogP contribution >= 0.6 is 0 Å². The average Bonchev–Trinajstić information content (AvgIpc) is 3.61. The van der Waals surface area contributed by atoms with E-state index in [2.05, 4.69) is 166 Å². The molecule has 0 bridgehead atoms. The van der Waals surface area contributed by atoms with Crippen molar-refractivity contribution >= 4 is 44.6 Å². The molecule has 9 rings (SSSR count). The number of nitrogens with one attached hydrogen (secondary N) is 1. The molecule has 1 atom stereocenters. The van der Waals surface area contributed by atoms with Crippen molar-refractivity contribution in [3.8, 4) is 16.8 Å². The predicted octanol–water partition coefficient (Wildman–Crippen LogP) is 10.1. The summed E-state index contributed by atoms with van der Waals surface area (Å²) in [5.74, 6) is 1.09. The molecule has 0 fully saturated rings. The van der Waals surface area contributed by atoms with Crippen LogP contribution in [0, 0.1) is 0 Å². The molecule has 210 valence electrons. The van der Waals surface area contributed by atoms with Gasteiger partial charge in [-0.2, -0.15) is 0 Å². The first-order valence-electron chi connectivity index (χ1n) is 15.5. The first-order valence-corrected chi connectivity index (χ1v) is 15.5. The lowest BCUT2D eigenvalue weighted by molar-refractivity contribution is 0.736. The molecule has 0 saturated heterocycles. The number of fused-ring (bicyclic) bond motifs is 6. The molecular formula is C41H31N3. The Balaban J connectivity index is 1.18. The molecule has 1 N–H and O–H groups in total. The minimum atomic E-state index is 0.126. The third-order valence-electron chi connectivity index (χ3n) is 9.22. The SMILES string of the molecule is C1=CC(c2ccccc2)NC(n2c3ccccc3c3cc(-c4ccc5c(c4)c4c(n5-c5ccccc5)CCC=C4)ccc32)=C1. The largest absolute Gasteiger partial charge is 0.361 e. The van der Waals surface area contributed by atoms with Crippen LogP contribution in [0.3, 0.4) is 0 Å². The van der Waals surface area contributed by atoms with E-state index in [1.807, 2.05) is 0 Å². The van der Waals surface area contributed by atoms with Gasteiger partial charge >= 0.3 is 0 Å². The minimum Gasteiger partial charge on any atom is -0.361 e. The van der Waals surface area contributed by atoms with E-state index in [0.717, 1.165) is 18.7 Å². The number of rotatable bonds is 4. The summed E-state index contributed by atoms with van der Waals surface area (Å²) in [4.78, 5) is 0. The Kier molecular flexibility index (Phi) is 5.70. The van der Waals surface area contributed by atoms with Gasteiger partial charge in [-0.3, -0.25) is 4.57 Å². The fourth-order valence-corrected chi connectivity index (χ4v) is 7.19. The van der Waals surface area contributed by atoms with Crippen molar-refractivity contribution < 1.29 is 0 Å². The van der Waals surface area contributed by atoms with Crippen molar-refractivity contribution in [2.75, 3.05) is 0 Å². The third kappa shape index (κ3) is 3.90. The Labute approximate surface area is 256 Å². The van der Waals surface area contributed by atoms with Crippen LogP contribution in [0.1, 0.15) is 29.3 Å². The van der Waals surface area contributed by atoms with Gasteiger partial charge in [-0.15, -0.1) is 0 Å². The molecule has 1 unspecified atom stereocenters. The van der Waals surface area contributed by atoms with Crippen molar-refractivity contribution in [2.24, 2.45) is 0 Å². The minimum absolute atomic E-state index is 0.126. The smallest absolute Gasteiger partial charge is 0.111 e. The van der Waals surface area contributed by atoms with Crippen molar-refractivity contribution in [1.82, 2.24) is 14.5 Å². The standard InChI is InChI=1S/C41H31N3/c1-3-12-28(13-4-1)36-18-11-21-41(42-36)44-38-20-10-8-17-33(38)35-27-30(23-25-40(35)44)29-22-24-39-34(26-29)32-16-7-9-19-37(32)43(39)31-14-5-2-6-15-31/h1-8,10-18,20-27,36,42H,9,19H2. The van der Waals surface area contributed by atoms with Gasteiger partial charge in [0, 0.05) is 33.1 Å². The maximum Gasteiger partial charge on any atom is 0.111 e. The summed E-state index contributed by atoms with van der Waals surface area (Å²) in [6.07, 6.45) is 13.3. The second-order valence-electron chi connectivity index (χ2n) is 11.8.